The highest BCUT2D eigenvalue weighted by Gasteiger charge is 2.30. The van der Waals surface area contributed by atoms with Gasteiger partial charge in [0.05, 0.1) is 20.8 Å². The average molecular weight is 281 g/mol. The highest BCUT2D eigenvalue weighted by Crippen LogP contribution is 2.40. The molecular weight excluding hydrogens is 268 g/mol. The van der Waals surface area contributed by atoms with Gasteiger partial charge in [-0.25, -0.2) is 0 Å². The molecule has 3 nitrogen and oxygen atoms in total. The summed E-state index contributed by atoms with van der Waals surface area (Å²) in [4.78, 5) is 12.1. The van der Waals surface area contributed by atoms with Gasteiger partial charge in [-0.15, -0.1) is 11.3 Å². The van der Waals surface area contributed by atoms with Crippen LogP contribution in [0, 0.1) is 5.92 Å². The number of carbonyl (C=O) groups is 1. The molecule has 0 spiro atoms. The van der Waals surface area contributed by atoms with Gasteiger partial charge in [-0.05, 0) is 37.8 Å². The fourth-order valence-corrected chi connectivity index (χ4v) is 3.18. The summed E-state index contributed by atoms with van der Waals surface area (Å²) in [6.07, 6.45) is 5.24. The maximum absolute atomic E-state index is 11.1. The Morgan fingerprint density at radius 1 is 1.56 bits per heavy atom. The standard InChI is InChI=1S/C13H13ClN2OS/c1-8(9-2-3-9)16-6-10(7-17)13(15-16)11-4-5-12(14)18-11/h4-9H,2-3H2,1H3. The summed E-state index contributed by atoms with van der Waals surface area (Å²) in [6, 6.07) is 4.11. The second-order valence-electron chi connectivity index (χ2n) is 4.71. The third kappa shape index (κ3) is 2.10. The molecule has 1 aliphatic rings. The third-order valence-electron chi connectivity index (χ3n) is 3.42. The van der Waals surface area contributed by atoms with Gasteiger partial charge >= 0.3 is 0 Å². The molecule has 2 aromatic heterocycles. The SMILES string of the molecule is CC(C1CC1)n1cc(C=O)c(-c2ccc(Cl)s2)n1. The summed E-state index contributed by atoms with van der Waals surface area (Å²) < 4.78 is 2.64. The second kappa shape index (κ2) is 4.52. The summed E-state index contributed by atoms with van der Waals surface area (Å²) in [7, 11) is 0. The Bertz CT molecular complexity index is 586. The fourth-order valence-electron chi connectivity index (χ4n) is 2.13. The molecule has 0 saturated heterocycles. The van der Waals surface area contributed by atoms with Crippen LogP contribution in [0.2, 0.25) is 4.34 Å². The van der Waals surface area contributed by atoms with E-state index in [1.165, 1.54) is 24.2 Å². The zero-order valence-electron chi connectivity index (χ0n) is 9.97. The molecule has 1 unspecified atom stereocenters. The number of aromatic nitrogens is 2. The van der Waals surface area contributed by atoms with Gasteiger partial charge in [0.2, 0.25) is 0 Å². The molecule has 18 heavy (non-hydrogen) atoms. The van der Waals surface area contributed by atoms with Crippen LogP contribution in [0.5, 0.6) is 0 Å². The van der Waals surface area contributed by atoms with Gasteiger partial charge in [0.1, 0.15) is 5.69 Å². The van der Waals surface area contributed by atoms with Gasteiger partial charge in [0.15, 0.2) is 6.29 Å². The third-order valence-corrected chi connectivity index (χ3v) is 4.65. The molecule has 0 amide bonds. The maximum atomic E-state index is 11.1. The number of hydrogen-bond donors (Lipinski definition) is 0. The molecule has 1 saturated carbocycles. The monoisotopic (exact) mass is 280 g/mol. The number of halogens is 1. The molecule has 5 heteroatoms. The number of carbonyl (C=O) groups excluding carboxylic acids is 1. The van der Waals surface area contributed by atoms with E-state index in [4.69, 9.17) is 11.6 Å². The number of hydrogen-bond acceptors (Lipinski definition) is 3. The van der Waals surface area contributed by atoms with E-state index in [0.717, 1.165) is 16.9 Å². The van der Waals surface area contributed by atoms with Crippen LogP contribution in [0.25, 0.3) is 10.6 Å². The molecule has 0 N–H and O–H groups in total. The van der Waals surface area contributed by atoms with Crippen molar-refractivity contribution in [2.45, 2.75) is 25.8 Å². The highest BCUT2D eigenvalue weighted by molar-refractivity contribution is 7.19. The van der Waals surface area contributed by atoms with Crippen LogP contribution in [0.4, 0.5) is 0 Å². The first-order valence-electron chi connectivity index (χ1n) is 5.99. The van der Waals surface area contributed by atoms with Crippen molar-refractivity contribution in [3.05, 3.63) is 28.2 Å². The van der Waals surface area contributed by atoms with Gasteiger partial charge in [0, 0.05) is 6.20 Å². The van der Waals surface area contributed by atoms with Crippen LogP contribution < -0.4 is 0 Å². The van der Waals surface area contributed by atoms with E-state index in [9.17, 15) is 4.79 Å². The number of thiophene rings is 1. The van der Waals surface area contributed by atoms with E-state index >= 15 is 0 Å². The average Bonchev–Trinajstić information content (AvgIpc) is 2.98. The molecule has 0 aliphatic heterocycles. The van der Waals surface area contributed by atoms with E-state index < -0.39 is 0 Å². The Labute approximate surface area is 114 Å². The van der Waals surface area contributed by atoms with E-state index in [1.807, 2.05) is 23.0 Å². The zero-order chi connectivity index (χ0) is 12.7. The molecular formula is C13H13ClN2OS. The summed E-state index contributed by atoms with van der Waals surface area (Å²) >= 11 is 7.38. The van der Waals surface area contributed by atoms with E-state index in [-0.39, 0.29) is 0 Å². The lowest BCUT2D eigenvalue weighted by molar-refractivity contribution is 0.112. The molecule has 0 bridgehead atoms. The first kappa shape index (κ1) is 11.9. The van der Waals surface area contributed by atoms with E-state index in [0.29, 0.717) is 21.9 Å². The first-order chi connectivity index (χ1) is 8.69. The smallest absolute Gasteiger partial charge is 0.153 e. The van der Waals surface area contributed by atoms with Crippen molar-refractivity contribution in [3.8, 4) is 10.6 Å². The largest absolute Gasteiger partial charge is 0.298 e. The molecule has 1 atom stereocenters. The predicted molar refractivity (Wildman–Crippen MR) is 73.4 cm³/mol. The maximum Gasteiger partial charge on any atom is 0.153 e. The van der Waals surface area contributed by atoms with Crippen LogP contribution in [0.3, 0.4) is 0 Å². The van der Waals surface area contributed by atoms with Crippen molar-refractivity contribution in [1.29, 1.82) is 0 Å². The molecule has 2 heterocycles. The second-order valence-corrected chi connectivity index (χ2v) is 6.43. The minimum absolute atomic E-state index is 0.368. The van der Waals surface area contributed by atoms with Crippen molar-refractivity contribution >= 4 is 29.2 Å². The number of aldehydes is 1. The molecule has 1 aliphatic carbocycles. The van der Waals surface area contributed by atoms with E-state index in [2.05, 4.69) is 12.0 Å². The molecule has 2 aromatic rings. The molecule has 1 fully saturated rings. The van der Waals surface area contributed by atoms with Crippen LogP contribution in [0.1, 0.15) is 36.2 Å². The topological polar surface area (TPSA) is 34.9 Å². The van der Waals surface area contributed by atoms with Gasteiger partial charge in [-0.2, -0.15) is 5.10 Å². The summed E-state index contributed by atoms with van der Waals surface area (Å²) in [6.45, 7) is 2.16. The minimum atomic E-state index is 0.368. The summed E-state index contributed by atoms with van der Waals surface area (Å²) in [5.41, 5.74) is 1.38. The van der Waals surface area contributed by atoms with Crippen LogP contribution >= 0.6 is 22.9 Å². The lowest BCUT2D eigenvalue weighted by Crippen LogP contribution is -2.07. The lowest BCUT2D eigenvalue weighted by Gasteiger charge is -2.09. The zero-order valence-corrected chi connectivity index (χ0v) is 11.5. The van der Waals surface area contributed by atoms with Crippen molar-refractivity contribution in [2.75, 3.05) is 0 Å². The highest BCUT2D eigenvalue weighted by atomic mass is 35.5. The fraction of sp³-hybridized carbons (Fsp3) is 0.385. The van der Waals surface area contributed by atoms with Gasteiger partial charge in [-0.1, -0.05) is 11.6 Å². The van der Waals surface area contributed by atoms with Crippen molar-refractivity contribution in [2.24, 2.45) is 5.92 Å². The van der Waals surface area contributed by atoms with Crippen molar-refractivity contribution in [3.63, 3.8) is 0 Å². The van der Waals surface area contributed by atoms with Crippen LogP contribution in [-0.4, -0.2) is 16.1 Å². The summed E-state index contributed by atoms with van der Waals surface area (Å²) in [5, 5.41) is 4.56. The Morgan fingerprint density at radius 3 is 2.89 bits per heavy atom. The number of rotatable bonds is 4. The first-order valence-corrected chi connectivity index (χ1v) is 7.18. The van der Waals surface area contributed by atoms with E-state index in [1.54, 1.807) is 0 Å². The Balaban J connectivity index is 2.00. The Morgan fingerprint density at radius 2 is 2.33 bits per heavy atom. The van der Waals surface area contributed by atoms with Gasteiger partial charge in [-0.3, -0.25) is 9.48 Å². The minimum Gasteiger partial charge on any atom is -0.298 e. The summed E-state index contributed by atoms with van der Waals surface area (Å²) in [5.74, 6) is 0.712. The molecule has 94 valence electrons. The van der Waals surface area contributed by atoms with Crippen LogP contribution in [-0.2, 0) is 0 Å². The van der Waals surface area contributed by atoms with Crippen LogP contribution in [0.15, 0.2) is 18.3 Å². The normalized spacial score (nSPS) is 16.8. The lowest BCUT2D eigenvalue weighted by atomic mass is 10.2. The molecule has 0 aromatic carbocycles. The van der Waals surface area contributed by atoms with Crippen molar-refractivity contribution in [1.82, 2.24) is 9.78 Å². The van der Waals surface area contributed by atoms with Gasteiger partial charge < -0.3 is 0 Å². The van der Waals surface area contributed by atoms with Crippen molar-refractivity contribution < 1.29 is 4.79 Å². The quantitative estimate of drug-likeness (QED) is 0.792. The molecule has 0 radical (unpaired) electrons. The number of nitrogens with zero attached hydrogens (tertiary/aromatic N) is 2. The Hall–Kier alpha value is -1.13. The van der Waals surface area contributed by atoms with Gasteiger partial charge in [0.25, 0.3) is 0 Å². The Kier molecular flexibility index (Phi) is 2.99. The molecule has 3 rings (SSSR count). The predicted octanol–water partition coefficient (Wildman–Crippen LogP) is 4.05.